The van der Waals surface area contributed by atoms with Gasteiger partial charge in [-0.25, -0.2) is 20.3 Å². The molecule has 0 saturated heterocycles. The van der Waals surface area contributed by atoms with Gasteiger partial charge in [0.05, 0.1) is 12.4 Å². The molecule has 1 aliphatic rings. The normalized spacial score (nSPS) is 15.0. The third-order valence-corrected chi connectivity index (χ3v) is 5.01. The zero-order chi connectivity index (χ0) is 24.5. The molecule has 1 saturated carbocycles. The monoisotopic (exact) mass is 511 g/mol. The molecule has 1 aliphatic carbocycles. The van der Waals surface area contributed by atoms with Crippen LogP contribution in [0.5, 0.6) is 0 Å². The summed E-state index contributed by atoms with van der Waals surface area (Å²) >= 11 is 0. The van der Waals surface area contributed by atoms with Gasteiger partial charge < -0.3 is 15.5 Å². The van der Waals surface area contributed by atoms with E-state index < -0.39 is 35.8 Å². The molecule has 3 heterocycles. The molecule has 3 aromatic heterocycles. The van der Waals surface area contributed by atoms with E-state index in [0.29, 0.717) is 24.2 Å². The first-order valence-corrected chi connectivity index (χ1v) is 9.91. The molecule has 0 amide bonds. The van der Waals surface area contributed by atoms with Crippen LogP contribution in [0.15, 0.2) is 30.7 Å². The minimum atomic E-state index is -4.59. The summed E-state index contributed by atoms with van der Waals surface area (Å²) in [7, 11) is 0. The first-order chi connectivity index (χ1) is 16.1. The van der Waals surface area contributed by atoms with E-state index in [1.54, 1.807) is 12.1 Å². The fourth-order valence-corrected chi connectivity index (χ4v) is 2.92. The number of nitrogens with zero attached hydrogens (tertiary/aromatic N) is 7. The van der Waals surface area contributed by atoms with E-state index in [-0.39, 0.29) is 31.0 Å². The highest BCUT2D eigenvalue weighted by Gasteiger charge is 2.54. The Kier molecular flexibility index (Phi) is 7.34. The average Bonchev–Trinajstić information content (AvgIpc) is 3.60. The highest BCUT2D eigenvalue weighted by molar-refractivity contribution is 7.59. The van der Waals surface area contributed by atoms with Crippen LogP contribution in [0.3, 0.4) is 0 Å². The van der Waals surface area contributed by atoms with Crippen LogP contribution in [0.1, 0.15) is 37.6 Å². The van der Waals surface area contributed by atoms with E-state index in [1.165, 1.54) is 6.20 Å². The van der Waals surface area contributed by atoms with Gasteiger partial charge in [-0.3, -0.25) is 9.97 Å². The van der Waals surface area contributed by atoms with Crippen molar-refractivity contribution in [2.75, 3.05) is 10.6 Å². The lowest BCUT2D eigenvalue weighted by Crippen LogP contribution is -2.34. The molecule has 2 N–H and O–H groups in total. The van der Waals surface area contributed by atoms with Crippen molar-refractivity contribution in [3.63, 3.8) is 0 Å². The summed E-state index contributed by atoms with van der Waals surface area (Å²) in [6.45, 7) is 8.25. The molecule has 0 aliphatic heterocycles. The Morgan fingerprint density at radius 2 is 1.80 bits per heavy atom. The summed E-state index contributed by atoms with van der Waals surface area (Å²) < 4.78 is 65.3. The topological polar surface area (TPSA) is 106 Å². The van der Waals surface area contributed by atoms with E-state index >= 15 is 0 Å². The number of rotatable bonds is 7. The van der Waals surface area contributed by atoms with Crippen molar-refractivity contribution in [3.05, 3.63) is 53.5 Å². The Morgan fingerprint density at radius 1 is 1.09 bits per heavy atom. The minimum Gasteiger partial charge on any atom is -0.343 e. The Balaban J connectivity index is 0.00000342. The second kappa shape index (κ2) is 9.90. The second-order valence-electron chi connectivity index (χ2n) is 7.54. The highest BCUT2D eigenvalue weighted by atomic mass is 32.1. The predicted octanol–water partition coefficient (Wildman–Crippen LogP) is 4.79. The van der Waals surface area contributed by atoms with Gasteiger partial charge in [0.2, 0.25) is 11.9 Å². The van der Waals surface area contributed by atoms with Gasteiger partial charge in [-0.15, -0.1) is 0 Å². The van der Waals surface area contributed by atoms with Crippen LogP contribution in [0.4, 0.5) is 39.5 Å². The number of nitrogens with one attached hydrogen (secondary N) is 2. The molecule has 0 radical (unpaired) electrons. The summed E-state index contributed by atoms with van der Waals surface area (Å²) in [5.74, 6) is -0.884. The van der Waals surface area contributed by atoms with Gasteiger partial charge in [0.15, 0.2) is 5.82 Å². The molecule has 0 unspecified atom stereocenters. The van der Waals surface area contributed by atoms with E-state index in [4.69, 9.17) is 6.57 Å². The maximum Gasteiger partial charge on any atom is 0.408 e. The van der Waals surface area contributed by atoms with E-state index in [1.807, 2.05) is 0 Å². The third kappa shape index (κ3) is 5.88. The maximum absolute atomic E-state index is 13.1. The quantitative estimate of drug-likeness (QED) is 0.345. The largest absolute Gasteiger partial charge is 0.408 e. The fraction of sp³-hybridized carbons (Fsp3) is 0.350. The zero-order valence-corrected chi connectivity index (χ0v) is 19.0. The molecule has 3 aromatic rings. The van der Waals surface area contributed by atoms with Crippen molar-refractivity contribution in [3.8, 4) is 11.5 Å². The summed E-state index contributed by atoms with van der Waals surface area (Å²) in [5.41, 5.74) is -0.521. The number of pyridine rings is 1. The van der Waals surface area contributed by atoms with E-state index in [0.717, 1.165) is 19.3 Å². The van der Waals surface area contributed by atoms with Crippen LogP contribution in [0.2, 0.25) is 0 Å². The van der Waals surface area contributed by atoms with Gasteiger partial charge in [-0.1, -0.05) is 0 Å². The van der Waals surface area contributed by atoms with E-state index in [2.05, 4.69) is 45.4 Å². The summed E-state index contributed by atoms with van der Waals surface area (Å²) in [6.07, 6.45) is -2.71. The molecule has 0 aromatic carbocycles. The number of anilines is 3. The second-order valence-corrected chi connectivity index (χ2v) is 7.54. The van der Waals surface area contributed by atoms with Crippen LogP contribution in [-0.2, 0) is 5.54 Å². The van der Waals surface area contributed by atoms with Crippen molar-refractivity contribution in [1.82, 2.24) is 29.9 Å². The van der Waals surface area contributed by atoms with Crippen molar-refractivity contribution in [2.45, 2.75) is 43.9 Å². The third-order valence-electron chi connectivity index (χ3n) is 5.01. The van der Waals surface area contributed by atoms with Gasteiger partial charge in [-0.2, -0.15) is 41.6 Å². The number of alkyl halides is 5. The average molecular weight is 511 g/mol. The smallest absolute Gasteiger partial charge is 0.343 e. The Bertz CT molecular complexity index is 1240. The van der Waals surface area contributed by atoms with Gasteiger partial charge in [0, 0.05) is 24.7 Å². The standard InChI is InChI=1S/C20H16F5N9.H2S/c1-10(20(23,24)25)29-17-32-16(13-9-27-8-12(31-13)15(21)22)33-18(34-17)30-11-3-6-28-14(7-11)19(26-2)4-5-19;/h3,6-10,15H,4-5H2,1H3,(H2,28,29,30,32,33,34);1H2/t10-;/m0./s1. The molecule has 9 nitrogen and oxygen atoms in total. The molecule has 1 fully saturated rings. The lowest BCUT2D eigenvalue weighted by Gasteiger charge is -2.18. The SMILES string of the molecule is S.[C-]#[N+]C1(c2cc(Nc3nc(N[C@@H](C)C(F)(F)F)nc(-c4cncc(C(F)F)n4)n3)ccn2)CC1. The molecule has 1 atom stereocenters. The summed E-state index contributed by atoms with van der Waals surface area (Å²) in [6, 6.07) is 1.18. The lowest BCUT2D eigenvalue weighted by molar-refractivity contribution is -0.138. The van der Waals surface area contributed by atoms with Gasteiger partial charge in [0.1, 0.15) is 23.1 Å². The molecular formula is C20H18F5N9S. The molecule has 15 heteroatoms. The van der Waals surface area contributed by atoms with Gasteiger partial charge in [-0.05, 0) is 19.1 Å². The molecule has 35 heavy (non-hydrogen) atoms. The summed E-state index contributed by atoms with van der Waals surface area (Å²) in [5, 5.41) is 4.98. The van der Waals surface area contributed by atoms with Crippen LogP contribution in [-0.4, -0.2) is 42.1 Å². The number of halogens is 5. The molecule has 0 spiro atoms. The van der Waals surface area contributed by atoms with Crippen molar-refractivity contribution >= 4 is 31.1 Å². The Morgan fingerprint density at radius 3 is 2.43 bits per heavy atom. The van der Waals surface area contributed by atoms with Crippen LogP contribution >= 0.6 is 13.5 Å². The fourth-order valence-electron chi connectivity index (χ4n) is 2.92. The van der Waals surface area contributed by atoms with Crippen LogP contribution < -0.4 is 10.6 Å². The minimum absolute atomic E-state index is 0. The van der Waals surface area contributed by atoms with Gasteiger partial charge in [0.25, 0.3) is 12.0 Å². The lowest BCUT2D eigenvalue weighted by atomic mass is 10.1. The van der Waals surface area contributed by atoms with Crippen molar-refractivity contribution in [2.24, 2.45) is 0 Å². The van der Waals surface area contributed by atoms with Gasteiger partial charge >= 0.3 is 6.18 Å². The predicted molar refractivity (Wildman–Crippen MR) is 120 cm³/mol. The van der Waals surface area contributed by atoms with Crippen LogP contribution in [0, 0.1) is 6.57 Å². The molecule has 184 valence electrons. The highest BCUT2D eigenvalue weighted by Crippen LogP contribution is 2.49. The number of aromatic nitrogens is 6. The maximum atomic E-state index is 13.1. The molecule has 0 bridgehead atoms. The number of hydrogen-bond donors (Lipinski definition) is 2. The Hall–Kier alpha value is -3.67. The first kappa shape index (κ1) is 25.9. The first-order valence-electron chi connectivity index (χ1n) is 9.91. The Labute approximate surface area is 202 Å². The molecule has 4 rings (SSSR count). The number of hydrogen-bond acceptors (Lipinski definition) is 8. The van der Waals surface area contributed by atoms with E-state index in [9.17, 15) is 22.0 Å². The van der Waals surface area contributed by atoms with Crippen molar-refractivity contribution in [1.29, 1.82) is 0 Å². The summed E-state index contributed by atoms with van der Waals surface area (Å²) in [4.78, 5) is 27.3. The van der Waals surface area contributed by atoms with Crippen LogP contribution in [0.25, 0.3) is 16.4 Å². The zero-order valence-electron chi connectivity index (χ0n) is 18.0. The van der Waals surface area contributed by atoms with Crippen molar-refractivity contribution < 1.29 is 22.0 Å². The molecular weight excluding hydrogens is 493 g/mol.